The number of amides is 1. The molecule has 1 amide bonds. The smallest absolute Gasteiger partial charge is 0.255 e. The quantitative estimate of drug-likeness (QED) is 0.713. The Kier molecular flexibility index (Phi) is 7.16. The SMILES string of the molecule is CSc1ccc(S(=O)(=O)NC(C(C)C)C(C)C)cc1C(=O)N1CCCC1. The normalized spacial score (nSPS) is 15.5. The summed E-state index contributed by atoms with van der Waals surface area (Å²) >= 11 is 1.46. The monoisotopic (exact) mass is 398 g/mol. The number of likely N-dealkylation sites (tertiary alicyclic amines) is 1. The molecule has 26 heavy (non-hydrogen) atoms. The Balaban J connectivity index is 2.37. The molecular weight excluding hydrogens is 368 g/mol. The van der Waals surface area contributed by atoms with Crippen molar-refractivity contribution in [3.8, 4) is 0 Å². The Labute approximate surface area is 162 Å². The van der Waals surface area contributed by atoms with Crippen molar-refractivity contribution in [1.82, 2.24) is 9.62 Å². The summed E-state index contributed by atoms with van der Waals surface area (Å²) in [5, 5.41) is 0. The summed E-state index contributed by atoms with van der Waals surface area (Å²) in [6.45, 7) is 9.51. The maximum absolute atomic E-state index is 12.9. The predicted molar refractivity (Wildman–Crippen MR) is 107 cm³/mol. The number of hydrogen-bond donors (Lipinski definition) is 1. The average molecular weight is 399 g/mol. The Hall–Kier alpha value is -1.05. The van der Waals surface area contributed by atoms with Gasteiger partial charge in [0.2, 0.25) is 10.0 Å². The second-order valence-corrected chi connectivity index (χ2v) is 10.1. The predicted octanol–water partition coefficient (Wildman–Crippen LogP) is 3.60. The zero-order chi connectivity index (χ0) is 19.5. The van der Waals surface area contributed by atoms with Crippen LogP contribution >= 0.6 is 11.8 Å². The van der Waals surface area contributed by atoms with Gasteiger partial charge >= 0.3 is 0 Å². The van der Waals surface area contributed by atoms with Gasteiger partial charge in [-0.05, 0) is 49.1 Å². The third-order valence-electron chi connectivity index (χ3n) is 4.83. The second-order valence-electron chi connectivity index (χ2n) is 7.50. The number of rotatable bonds is 7. The molecule has 1 aliphatic rings. The molecule has 7 heteroatoms. The van der Waals surface area contributed by atoms with Gasteiger partial charge < -0.3 is 4.90 Å². The zero-order valence-corrected chi connectivity index (χ0v) is 17.9. The van der Waals surface area contributed by atoms with Crippen LogP contribution in [0, 0.1) is 11.8 Å². The van der Waals surface area contributed by atoms with Gasteiger partial charge in [-0.1, -0.05) is 27.7 Å². The summed E-state index contributed by atoms with van der Waals surface area (Å²) in [7, 11) is -3.68. The van der Waals surface area contributed by atoms with Crippen molar-refractivity contribution in [3.05, 3.63) is 23.8 Å². The fourth-order valence-corrected chi connectivity index (χ4v) is 5.53. The van der Waals surface area contributed by atoms with Gasteiger partial charge in [0, 0.05) is 24.0 Å². The van der Waals surface area contributed by atoms with Crippen LogP contribution in [0.5, 0.6) is 0 Å². The van der Waals surface area contributed by atoms with Gasteiger partial charge in [-0.15, -0.1) is 11.8 Å². The molecule has 1 fully saturated rings. The molecule has 0 aliphatic carbocycles. The van der Waals surface area contributed by atoms with Gasteiger partial charge in [0.25, 0.3) is 5.91 Å². The summed E-state index contributed by atoms with van der Waals surface area (Å²) in [6.07, 6.45) is 3.91. The van der Waals surface area contributed by atoms with E-state index in [4.69, 9.17) is 0 Å². The molecule has 0 atom stereocenters. The van der Waals surface area contributed by atoms with Crippen LogP contribution in [-0.4, -0.2) is 44.6 Å². The largest absolute Gasteiger partial charge is 0.339 e. The fourth-order valence-electron chi connectivity index (χ4n) is 3.40. The number of carbonyl (C=O) groups is 1. The van der Waals surface area contributed by atoms with Crippen molar-refractivity contribution in [2.24, 2.45) is 11.8 Å². The van der Waals surface area contributed by atoms with Gasteiger partial charge in [-0.25, -0.2) is 13.1 Å². The molecule has 0 bridgehead atoms. The number of benzene rings is 1. The van der Waals surface area contributed by atoms with Crippen LogP contribution < -0.4 is 4.72 Å². The van der Waals surface area contributed by atoms with Gasteiger partial charge in [-0.2, -0.15) is 0 Å². The van der Waals surface area contributed by atoms with Gasteiger partial charge in [0.05, 0.1) is 10.5 Å². The Morgan fingerprint density at radius 3 is 2.19 bits per heavy atom. The minimum absolute atomic E-state index is 0.0758. The van der Waals surface area contributed by atoms with Crippen LogP contribution in [0.1, 0.15) is 50.9 Å². The van der Waals surface area contributed by atoms with Gasteiger partial charge in [0.1, 0.15) is 0 Å². The van der Waals surface area contributed by atoms with Crippen LogP contribution in [-0.2, 0) is 10.0 Å². The van der Waals surface area contributed by atoms with E-state index in [1.54, 1.807) is 12.1 Å². The summed E-state index contributed by atoms with van der Waals surface area (Å²) in [5.41, 5.74) is 0.480. The Morgan fingerprint density at radius 1 is 1.12 bits per heavy atom. The van der Waals surface area contributed by atoms with Crippen LogP contribution in [0.3, 0.4) is 0 Å². The molecule has 1 saturated heterocycles. The maximum atomic E-state index is 12.9. The van der Waals surface area contributed by atoms with E-state index in [-0.39, 0.29) is 28.7 Å². The zero-order valence-electron chi connectivity index (χ0n) is 16.3. The number of hydrogen-bond acceptors (Lipinski definition) is 4. The molecule has 1 heterocycles. The topological polar surface area (TPSA) is 66.5 Å². The van der Waals surface area contributed by atoms with Crippen molar-refractivity contribution in [2.45, 2.75) is 56.4 Å². The molecule has 0 spiro atoms. The van der Waals surface area contributed by atoms with E-state index in [0.29, 0.717) is 5.56 Å². The van der Waals surface area contributed by atoms with E-state index in [9.17, 15) is 13.2 Å². The van der Waals surface area contributed by atoms with E-state index < -0.39 is 10.0 Å². The molecule has 1 N–H and O–H groups in total. The van der Waals surface area contributed by atoms with Gasteiger partial charge in [-0.3, -0.25) is 4.79 Å². The third kappa shape index (κ3) is 4.81. The van der Waals surface area contributed by atoms with Crippen LogP contribution in [0.4, 0.5) is 0 Å². The first-order chi connectivity index (χ1) is 12.2. The lowest BCUT2D eigenvalue weighted by atomic mass is 9.94. The second kappa shape index (κ2) is 8.76. The van der Waals surface area contributed by atoms with Crippen LogP contribution in [0.25, 0.3) is 0 Å². The van der Waals surface area contributed by atoms with Crippen LogP contribution in [0.2, 0.25) is 0 Å². The molecule has 0 saturated carbocycles. The summed E-state index contributed by atoms with van der Waals surface area (Å²) in [5.74, 6) is 0.287. The lowest BCUT2D eigenvalue weighted by Crippen LogP contribution is -2.42. The molecule has 0 unspecified atom stereocenters. The number of thioether (sulfide) groups is 1. The van der Waals surface area contributed by atoms with E-state index >= 15 is 0 Å². The van der Waals surface area contributed by atoms with Crippen molar-refractivity contribution >= 4 is 27.7 Å². The van der Waals surface area contributed by atoms with E-state index in [1.807, 2.05) is 38.9 Å². The highest BCUT2D eigenvalue weighted by molar-refractivity contribution is 7.98. The first-order valence-corrected chi connectivity index (χ1v) is 11.9. The highest BCUT2D eigenvalue weighted by Gasteiger charge is 2.27. The fraction of sp³-hybridized carbons (Fsp3) is 0.632. The molecule has 146 valence electrons. The third-order valence-corrected chi connectivity index (χ3v) is 7.09. The Bertz CT molecular complexity index is 731. The maximum Gasteiger partial charge on any atom is 0.255 e. The number of carbonyl (C=O) groups excluding carboxylic acids is 1. The molecule has 0 radical (unpaired) electrons. The first-order valence-electron chi connectivity index (χ1n) is 9.17. The molecule has 0 aromatic heterocycles. The summed E-state index contributed by atoms with van der Waals surface area (Å²) in [4.78, 5) is 15.6. The average Bonchev–Trinajstić information content (AvgIpc) is 3.12. The summed E-state index contributed by atoms with van der Waals surface area (Å²) < 4.78 is 28.6. The first kappa shape index (κ1) is 21.3. The minimum Gasteiger partial charge on any atom is -0.339 e. The Morgan fingerprint density at radius 2 is 1.69 bits per heavy atom. The molecule has 1 aromatic rings. The number of nitrogens with zero attached hydrogens (tertiary/aromatic N) is 1. The molecule has 5 nitrogen and oxygen atoms in total. The highest BCUT2D eigenvalue weighted by atomic mass is 32.2. The minimum atomic E-state index is -3.68. The van der Waals surface area contributed by atoms with E-state index in [1.165, 1.54) is 17.8 Å². The lowest BCUT2D eigenvalue weighted by molar-refractivity contribution is 0.0789. The van der Waals surface area contributed by atoms with E-state index in [0.717, 1.165) is 30.8 Å². The molecule has 2 rings (SSSR count). The van der Waals surface area contributed by atoms with Gasteiger partial charge in [0.15, 0.2) is 0 Å². The van der Waals surface area contributed by atoms with Crippen molar-refractivity contribution in [3.63, 3.8) is 0 Å². The number of nitrogens with one attached hydrogen (secondary N) is 1. The van der Waals surface area contributed by atoms with Crippen molar-refractivity contribution < 1.29 is 13.2 Å². The summed E-state index contributed by atoms with van der Waals surface area (Å²) in [6, 6.07) is 4.71. The van der Waals surface area contributed by atoms with Crippen LogP contribution in [0.15, 0.2) is 28.0 Å². The van der Waals surface area contributed by atoms with Crippen molar-refractivity contribution in [1.29, 1.82) is 0 Å². The number of sulfonamides is 1. The van der Waals surface area contributed by atoms with E-state index in [2.05, 4.69) is 4.72 Å². The van der Waals surface area contributed by atoms with Crippen molar-refractivity contribution in [2.75, 3.05) is 19.3 Å². The molecule has 1 aliphatic heterocycles. The standard InChI is InChI=1S/C19H30N2O3S2/c1-13(2)18(14(3)4)20-26(23,24)15-8-9-17(25-5)16(12-15)19(22)21-10-6-7-11-21/h8-9,12-14,18,20H,6-7,10-11H2,1-5H3. The lowest BCUT2D eigenvalue weighted by Gasteiger charge is -2.26. The molecule has 1 aromatic carbocycles. The molecular formula is C19H30N2O3S2. The highest BCUT2D eigenvalue weighted by Crippen LogP contribution is 2.27.